The molecule has 20 heavy (non-hydrogen) atoms. The van der Waals surface area contributed by atoms with E-state index in [1.54, 1.807) is 16.8 Å². The molecule has 0 spiro atoms. The Balaban J connectivity index is 1.96. The molecule has 0 fully saturated rings. The zero-order valence-corrected chi connectivity index (χ0v) is 12.1. The average Bonchev–Trinajstić information content (AvgIpc) is 2.91. The first-order chi connectivity index (χ1) is 9.66. The van der Waals surface area contributed by atoms with Crippen LogP contribution in [-0.4, -0.2) is 27.5 Å². The van der Waals surface area contributed by atoms with Crippen LogP contribution in [0.15, 0.2) is 29.1 Å². The standard InChI is InChI=1S/C15H16N2O2S/c1-10-3-2-4-13-12(10)5-6-17(14(13)15(18)19)7-11-8-20-9-16-11/h2-4,8-9,14H,5-7H2,1H3,(H,18,19). The minimum Gasteiger partial charge on any atom is -0.480 e. The largest absolute Gasteiger partial charge is 0.480 e. The minimum atomic E-state index is -0.785. The molecule has 0 bridgehead atoms. The van der Waals surface area contributed by atoms with Crippen molar-refractivity contribution in [3.8, 4) is 0 Å². The van der Waals surface area contributed by atoms with Gasteiger partial charge in [-0.15, -0.1) is 11.3 Å². The Morgan fingerprint density at radius 1 is 1.55 bits per heavy atom. The number of hydrogen-bond acceptors (Lipinski definition) is 4. The normalized spacial score (nSPS) is 18.8. The molecule has 1 N–H and O–H groups in total. The van der Waals surface area contributed by atoms with Crippen LogP contribution >= 0.6 is 11.3 Å². The van der Waals surface area contributed by atoms with Crippen molar-refractivity contribution in [2.24, 2.45) is 0 Å². The lowest BCUT2D eigenvalue weighted by atomic mass is 9.89. The van der Waals surface area contributed by atoms with E-state index >= 15 is 0 Å². The number of hydrogen-bond donors (Lipinski definition) is 1. The van der Waals surface area contributed by atoms with Crippen molar-refractivity contribution in [1.82, 2.24) is 9.88 Å². The lowest BCUT2D eigenvalue weighted by Gasteiger charge is -2.35. The van der Waals surface area contributed by atoms with Gasteiger partial charge in [0.2, 0.25) is 0 Å². The molecular formula is C15H16N2O2S. The van der Waals surface area contributed by atoms with Gasteiger partial charge in [0.05, 0.1) is 11.2 Å². The van der Waals surface area contributed by atoms with E-state index in [9.17, 15) is 9.90 Å². The number of fused-ring (bicyclic) bond motifs is 1. The highest BCUT2D eigenvalue weighted by molar-refractivity contribution is 7.07. The highest BCUT2D eigenvalue weighted by atomic mass is 32.1. The predicted octanol–water partition coefficient (Wildman–Crippen LogP) is 2.64. The second-order valence-corrected chi connectivity index (χ2v) is 5.80. The number of thiazole rings is 1. The van der Waals surface area contributed by atoms with E-state index in [1.807, 2.05) is 35.4 Å². The molecule has 0 saturated carbocycles. The SMILES string of the molecule is Cc1cccc2c1CCN(Cc1cscn1)C2C(=O)O. The second-order valence-electron chi connectivity index (χ2n) is 5.08. The molecule has 4 nitrogen and oxygen atoms in total. The summed E-state index contributed by atoms with van der Waals surface area (Å²) in [6.07, 6.45) is 0.899. The summed E-state index contributed by atoms with van der Waals surface area (Å²) in [6, 6.07) is 5.36. The smallest absolute Gasteiger partial charge is 0.325 e. The Bertz CT molecular complexity index is 625. The molecule has 0 aliphatic carbocycles. The first kappa shape index (κ1) is 13.3. The zero-order chi connectivity index (χ0) is 14.1. The third-order valence-corrected chi connectivity index (χ3v) is 4.47. The number of aliphatic carboxylic acids is 1. The van der Waals surface area contributed by atoms with Crippen molar-refractivity contribution in [3.05, 3.63) is 51.5 Å². The van der Waals surface area contributed by atoms with Gasteiger partial charge in [0, 0.05) is 18.5 Å². The van der Waals surface area contributed by atoms with Gasteiger partial charge in [0.25, 0.3) is 0 Å². The fraction of sp³-hybridized carbons (Fsp3) is 0.333. The van der Waals surface area contributed by atoms with Gasteiger partial charge in [-0.1, -0.05) is 18.2 Å². The van der Waals surface area contributed by atoms with Crippen molar-refractivity contribution >= 4 is 17.3 Å². The summed E-state index contributed by atoms with van der Waals surface area (Å²) in [5.41, 5.74) is 6.03. The molecule has 1 aromatic heterocycles. The summed E-state index contributed by atoms with van der Waals surface area (Å²) in [5.74, 6) is -0.785. The number of benzene rings is 1. The van der Waals surface area contributed by atoms with Crippen molar-refractivity contribution in [2.75, 3.05) is 6.54 Å². The molecule has 1 aliphatic rings. The number of carboxylic acids is 1. The second kappa shape index (κ2) is 5.34. The van der Waals surface area contributed by atoms with Crippen molar-refractivity contribution in [2.45, 2.75) is 25.9 Å². The lowest BCUT2D eigenvalue weighted by Crippen LogP contribution is -2.39. The molecule has 5 heteroatoms. The zero-order valence-electron chi connectivity index (χ0n) is 11.2. The molecule has 0 saturated heterocycles. The molecule has 1 unspecified atom stereocenters. The highest BCUT2D eigenvalue weighted by Crippen LogP contribution is 2.32. The molecule has 2 aromatic rings. The number of carbonyl (C=O) groups is 1. The lowest BCUT2D eigenvalue weighted by molar-refractivity contribution is -0.144. The van der Waals surface area contributed by atoms with Crippen LogP contribution in [0.3, 0.4) is 0 Å². The maximum atomic E-state index is 11.7. The molecule has 1 aromatic carbocycles. The van der Waals surface area contributed by atoms with E-state index < -0.39 is 12.0 Å². The molecule has 0 amide bonds. The summed E-state index contributed by atoms with van der Waals surface area (Å²) in [5, 5.41) is 11.6. The summed E-state index contributed by atoms with van der Waals surface area (Å²) in [4.78, 5) is 18.0. The van der Waals surface area contributed by atoms with Crippen LogP contribution in [0.4, 0.5) is 0 Å². The van der Waals surface area contributed by atoms with Crippen molar-refractivity contribution < 1.29 is 9.90 Å². The summed E-state index contributed by atoms with van der Waals surface area (Å²) < 4.78 is 0. The monoisotopic (exact) mass is 288 g/mol. The van der Waals surface area contributed by atoms with E-state index in [2.05, 4.69) is 4.98 Å². The molecule has 104 valence electrons. The first-order valence-electron chi connectivity index (χ1n) is 6.59. The van der Waals surface area contributed by atoms with Crippen LogP contribution in [0.1, 0.15) is 28.4 Å². The maximum absolute atomic E-state index is 11.7. The summed E-state index contributed by atoms with van der Waals surface area (Å²) in [7, 11) is 0. The molecule has 2 heterocycles. The van der Waals surface area contributed by atoms with Gasteiger partial charge >= 0.3 is 5.97 Å². The van der Waals surface area contributed by atoms with E-state index in [0.29, 0.717) is 6.54 Å². The first-order valence-corrected chi connectivity index (χ1v) is 7.53. The van der Waals surface area contributed by atoms with Gasteiger partial charge in [-0.05, 0) is 30.0 Å². The summed E-state index contributed by atoms with van der Waals surface area (Å²) in [6.45, 7) is 3.40. The Hall–Kier alpha value is -1.72. The van der Waals surface area contributed by atoms with Crippen LogP contribution in [0, 0.1) is 6.92 Å². The number of carboxylic acid groups (broad SMARTS) is 1. The van der Waals surface area contributed by atoms with Crippen LogP contribution < -0.4 is 0 Å². The van der Waals surface area contributed by atoms with Crippen LogP contribution in [0.25, 0.3) is 0 Å². The predicted molar refractivity (Wildman–Crippen MR) is 77.8 cm³/mol. The van der Waals surface area contributed by atoms with Crippen LogP contribution in [-0.2, 0) is 17.8 Å². The number of rotatable bonds is 3. The van der Waals surface area contributed by atoms with Gasteiger partial charge in [-0.3, -0.25) is 9.69 Å². The minimum absolute atomic E-state index is 0.569. The van der Waals surface area contributed by atoms with Gasteiger partial charge in [-0.2, -0.15) is 0 Å². The Morgan fingerprint density at radius 3 is 3.10 bits per heavy atom. The van der Waals surface area contributed by atoms with Gasteiger partial charge in [0.1, 0.15) is 6.04 Å². The van der Waals surface area contributed by atoms with E-state index in [-0.39, 0.29) is 0 Å². The van der Waals surface area contributed by atoms with E-state index in [0.717, 1.165) is 24.2 Å². The molecule has 3 rings (SSSR count). The molecular weight excluding hydrogens is 272 g/mol. The topological polar surface area (TPSA) is 53.4 Å². The Labute approximate surface area is 121 Å². The highest BCUT2D eigenvalue weighted by Gasteiger charge is 2.33. The van der Waals surface area contributed by atoms with Crippen LogP contribution in [0.2, 0.25) is 0 Å². The van der Waals surface area contributed by atoms with Crippen molar-refractivity contribution in [1.29, 1.82) is 0 Å². The average molecular weight is 288 g/mol. The Kier molecular flexibility index (Phi) is 3.54. The van der Waals surface area contributed by atoms with Crippen LogP contribution in [0.5, 0.6) is 0 Å². The van der Waals surface area contributed by atoms with Gasteiger partial charge in [-0.25, -0.2) is 4.98 Å². The van der Waals surface area contributed by atoms with Gasteiger partial charge in [0.15, 0.2) is 0 Å². The third-order valence-electron chi connectivity index (χ3n) is 3.84. The fourth-order valence-corrected chi connectivity index (χ4v) is 3.44. The molecule has 0 radical (unpaired) electrons. The Morgan fingerprint density at radius 2 is 2.40 bits per heavy atom. The number of nitrogens with zero attached hydrogens (tertiary/aromatic N) is 2. The van der Waals surface area contributed by atoms with Gasteiger partial charge < -0.3 is 5.11 Å². The summed E-state index contributed by atoms with van der Waals surface area (Å²) >= 11 is 1.54. The molecule has 1 aliphatic heterocycles. The maximum Gasteiger partial charge on any atom is 0.325 e. The van der Waals surface area contributed by atoms with Crippen molar-refractivity contribution in [3.63, 3.8) is 0 Å². The van der Waals surface area contributed by atoms with E-state index in [1.165, 1.54) is 11.1 Å². The van der Waals surface area contributed by atoms with E-state index in [4.69, 9.17) is 0 Å². The molecule has 1 atom stereocenters. The third kappa shape index (κ3) is 2.34. The number of aromatic nitrogens is 1. The number of aryl methyl sites for hydroxylation is 1. The quantitative estimate of drug-likeness (QED) is 0.943. The fourth-order valence-electron chi connectivity index (χ4n) is 2.89.